The van der Waals surface area contributed by atoms with Gasteiger partial charge in [-0.2, -0.15) is 0 Å². The Labute approximate surface area is 302 Å². The molecule has 0 saturated carbocycles. The van der Waals surface area contributed by atoms with Crippen LogP contribution in [0.3, 0.4) is 0 Å². The van der Waals surface area contributed by atoms with E-state index in [0.29, 0.717) is 0 Å². The zero-order valence-electron chi connectivity index (χ0n) is 29.1. The molecule has 0 saturated heterocycles. The van der Waals surface area contributed by atoms with Gasteiger partial charge in [-0.15, -0.1) is 0 Å². The molecule has 8 aromatic carbocycles. The van der Waals surface area contributed by atoms with Crippen LogP contribution in [0.4, 0.5) is 17.1 Å². The number of benzene rings is 8. The third-order valence-corrected chi connectivity index (χ3v) is 11.4. The molecule has 3 heteroatoms. The number of nitrogens with zero attached hydrogens (tertiary/aromatic N) is 3. The lowest BCUT2D eigenvalue weighted by Crippen LogP contribution is -2.27. The van der Waals surface area contributed by atoms with E-state index in [0.717, 1.165) is 17.1 Å². The average molecular weight is 666 g/mol. The van der Waals surface area contributed by atoms with Crippen LogP contribution in [0.5, 0.6) is 0 Å². The molecular formula is C49H35N3. The molecule has 2 aromatic heterocycles. The van der Waals surface area contributed by atoms with Gasteiger partial charge in [0, 0.05) is 49.7 Å². The van der Waals surface area contributed by atoms with Crippen molar-refractivity contribution >= 4 is 71.4 Å². The molecule has 0 unspecified atom stereocenters. The predicted molar refractivity (Wildman–Crippen MR) is 219 cm³/mol. The normalized spacial score (nSPS) is 13.3. The van der Waals surface area contributed by atoms with Crippen LogP contribution in [0.25, 0.3) is 65.8 Å². The largest absolute Gasteiger partial charge is 0.310 e. The number of anilines is 3. The summed E-state index contributed by atoms with van der Waals surface area (Å²) in [5, 5.41) is 7.63. The van der Waals surface area contributed by atoms with Gasteiger partial charge in [-0.1, -0.05) is 117 Å². The minimum Gasteiger partial charge on any atom is -0.310 e. The molecule has 0 spiro atoms. The van der Waals surface area contributed by atoms with Crippen LogP contribution in [0, 0.1) is 0 Å². The van der Waals surface area contributed by atoms with Gasteiger partial charge in [0.1, 0.15) is 0 Å². The number of hydrogen-bond donors (Lipinski definition) is 0. The van der Waals surface area contributed by atoms with E-state index in [9.17, 15) is 0 Å². The smallest absolute Gasteiger partial charge is 0.0641 e. The van der Waals surface area contributed by atoms with E-state index in [-0.39, 0.29) is 5.41 Å². The summed E-state index contributed by atoms with van der Waals surface area (Å²) in [6.07, 6.45) is 0. The first-order chi connectivity index (χ1) is 25.6. The third-order valence-electron chi connectivity index (χ3n) is 11.4. The zero-order valence-corrected chi connectivity index (χ0v) is 29.1. The molecule has 0 aliphatic carbocycles. The van der Waals surface area contributed by atoms with Crippen LogP contribution < -0.4 is 4.90 Å². The number of para-hydroxylation sites is 4. The summed E-state index contributed by atoms with van der Waals surface area (Å²) in [6.45, 7) is 4.83. The Morgan fingerprint density at radius 1 is 0.423 bits per heavy atom. The van der Waals surface area contributed by atoms with Crippen molar-refractivity contribution in [3.05, 3.63) is 187 Å². The fourth-order valence-electron chi connectivity index (χ4n) is 9.02. The van der Waals surface area contributed by atoms with E-state index >= 15 is 0 Å². The summed E-state index contributed by atoms with van der Waals surface area (Å²) in [5.41, 5.74) is 13.2. The first-order valence-electron chi connectivity index (χ1n) is 18.1. The number of fused-ring (bicyclic) bond motifs is 10. The van der Waals surface area contributed by atoms with E-state index in [1.807, 2.05) is 0 Å². The van der Waals surface area contributed by atoms with E-state index in [2.05, 4.69) is 204 Å². The molecule has 246 valence electrons. The van der Waals surface area contributed by atoms with E-state index in [4.69, 9.17) is 0 Å². The molecular weight excluding hydrogens is 631 g/mol. The Morgan fingerprint density at radius 3 is 1.83 bits per heavy atom. The maximum absolute atomic E-state index is 2.54. The van der Waals surface area contributed by atoms with Gasteiger partial charge >= 0.3 is 0 Å². The molecule has 0 atom stereocenters. The van der Waals surface area contributed by atoms with Gasteiger partial charge < -0.3 is 14.0 Å². The number of aromatic nitrogens is 2. The molecule has 0 fully saturated rings. The van der Waals surface area contributed by atoms with Gasteiger partial charge in [0.25, 0.3) is 0 Å². The molecule has 3 heterocycles. The fourth-order valence-corrected chi connectivity index (χ4v) is 9.02. The van der Waals surface area contributed by atoms with Crippen molar-refractivity contribution in [1.82, 2.24) is 9.13 Å². The molecule has 10 aromatic rings. The van der Waals surface area contributed by atoms with Gasteiger partial charge in [-0.25, -0.2) is 0 Å². The second-order valence-corrected chi connectivity index (χ2v) is 14.6. The van der Waals surface area contributed by atoms with Crippen molar-refractivity contribution in [3.63, 3.8) is 0 Å². The Hall–Kier alpha value is -6.58. The second-order valence-electron chi connectivity index (χ2n) is 14.6. The highest BCUT2D eigenvalue weighted by Gasteiger charge is 2.37. The molecule has 1 aliphatic heterocycles. The number of hydrogen-bond acceptors (Lipinski definition) is 1. The van der Waals surface area contributed by atoms with Crippen molar-refractivity contribution in [3.8, 4) is 11.4 Å². The van der Waals surface area contributed by atoms with Crippen LogP contribution in [0.15, 0.2) is 176 Å². The number of rotatable bonds is 4. The van der Waals surface area contributed by atoms with E-state index < -0.39 is 0 Å². The lowest BCUT2D eigenvalue weighted by molar-refractivity contribution is 0.631. The Bertz CT molecular complexity index is 3040. The lowest BCUT2D eigenvalue weighted by Gasteiger charge is -2.36. The molecule has 0 radical (unpaired) electrons. The van der Waals surface area contributed by atoms with Gasteiger partial charge in [-0.05, 0) is 94.7 Å². The van der Waals surface area contributed by atoms with Crippen molar-refractivity contribution in [1.29, 1.82) is 0 Å². The van der Waals surface area contributed by atoms with Crippen molar-refractivity contribution in [2.45, 2.75) is 19.3 Å². The maximum atomic E-state index is 2.54. The van der Waals surface area contributed by atoms with Crippen molar-refractivity contribution in [2.24, 2.45) is 0 Å². The Kier molecular flexibility index (Phi) is 6.01. The standard InChI is InChI=1S/C49H35N3/c1-49(2)41-30-37(50(34-17-5-3-6-18-34)36-26-25-32-15-9-10-16-33(32)29-36)27-28-45(41)52-44-24-14-12-22-39(44)46-47-40(31-42(49)48(46)52)38-21-11-13-23-43(38)51(47)35-19-7-4-8-20-35/h3-31H,1-2H3. The van der Waals surface area contributed by atoms with Gasteiger partial charge in [0.05, 0.1) is 27.8 Å². The fraction of sp³-hybridized carbons (Fsp3) is 0.0612. The summed E-state index contributed by atoms with van der Waals surface area (Å²) in [4.78, 5) is 2.40. The highest BCUT2D eigenvalue weighted by Crippen LogP contribution is 2.52. The van der Waals surface area contributed by atoms with Crippen LogP contribution in [0.1, 0.15) is 25.0 Å². The topological polar surface area (TPSA) is 13.1 Å². The van der Waals surface area contributed by atoms with Crippen LogP contribution in [-0.2, 0) is 5.41 Å². The van der Waals surface area contributed by atoms with Crippen LogP contribution >= 0.6 is 0 Å². The first-order valence-corrected chi connectivity index (χ1v) is 18.1. The van der Waals surface area contributed by atoms with Gasteiger partial charge in [0.15, 0.2) is 0 Å². The summed E-state index contributed by atoms with van der Waals surface area (Å²) in [6, 6.07) is 64.5. The molecule has 0 amide bonds. The highest BCUT2D eigenvalue weighted by molar-refractivity contribution is 6.27. The quantitative estimate of drug-likeness (QED) is 0.182. The summed E-state index contributed by atoms with van der Waals surface area (Å²) >= 11 is 0. The van der Waals surface area contributed by atoms with E-state index in [1.54, 1.807) is 0 Å². The van der Waals surface area contributed by atoms with Gasteiger partial charge in [0.2, 0.25) is 0 Å². The minimum atomic E-state index is -0.288. The zero-order chi connectivity index (χ0) is 34.6. The molecule has 52 heavy (non-hydrogen) atoms. The molecule has 11 rings (SSSR count). The monoisotopic (exact) mass is 665 g/mol. The highest BCUT2D eigenvalue weighted by atomic mass is 15.1. The average Bonchev–Trinajstić information content (AvgIpc) is 3.71. The van der Waals surface area contributed by atoms with Crippen molar-refractivity contribution < 1.29 is 0 Å². The summed E-state index contributed by atoms with van der Waals surface area (Å²) in [7, 11) is 0. The molecule has 0 bridgehead atoms. The van der Waals surface area contributed by atoms with Crippen LogP contribution in [-0.4, -0.2) is 9.13 Å². The summed E-state index contributed by atoms with van der Waals surface area (Å²) in [5.74, 6) is 0. The minimum absolute atomic E-state index is 0.288. The Morgan fingerprint density at radius 2 is 1.04 bits per heavy atom. The van der Waals surface area contributed by atoms with E-state index in [1.165, 1.54) is 76.9 Å². The summed E-state index contributed by atoms with van der Waals surface area (Å²) < 4.78 is 5.02. The van der Waals surface area contributed by atoms with Gasteiger partial charge in [-0.3, -0.25) is 0 Å². The second kappa shape index (κ2) is 10.7. The first kappa shape index (κ1) is 29.2. The third kappa shape index (κ3) is 3.96. The molecule has 3 nitrogen and oxygen atoms in total. The predicted octanol–water partition coefficient (Wildman–Crippen LogP) is 13.1. The molecule has 1 aliphatic rings. The lowest BCUT2D eigenvalue weighted by atomic mass is 9.74. The molecule has 0 N–H and O–H groups in total. The van der Waals surface area contributed by atoms with Crippen LogP contribution in [0.2, 0.25) is 0 Å². The Balaban J connectivity index is 1.23. The SMILES string of the molecule is CC1(C)c2cc(N(c3ccccc3)c3ccc4ccccc4c3)ccc2-n2c3ccccc3c3c2c1cc1c2ccccc2n(-c2ccccc2)c13. The van der Waals surface area contributed by atoms with Crippen molar-refractivity contribution in [2.75, 3.05) is 4.90 Å². The maximum Gasteiger partial charge on any atom is 0.0641 e.